The Morgan fingerprint density at radius 1 is 1.29 bits per heavy atom. The van der Waals surface area contributed by atoms with E-state index in [2.05, 4.69) is 21.2 Å². The second-order valence-electron chi connectivity index (χ2n) is 6.32. The van der Waals surface area contributed by atoms with E-state index in [9.17, 15) is 4.79 Å². The molecule has 0 saturated carbocycles. The molecule has 21 heavy (non-hydrogen) atoms. The van der Waals surface area contributed by atoms with Crippen molar-refractivity contribution in [1.29, 1.82) is 0 Å². The van der Waals surface area contributed by atoms with Gasteiger partial charge < -0.3 is 10.2 Å². The van der Waals surface area contributed by atoms with E-state index in [1.165, 1.54) is 24.9 Å². The van der Waals surface area contributed by atoms with Crippen molar-refractivity contribution < 1.29 is 4.79 Å². The first-order valence-electron chi connectivity index (χ1n) is 7.94. The number of aryl methyl sites for hydroxylation is 1. The summed E-state index contributed by atoms with van der Waals surface area (Å²) in [5.74, 6) is 0.915. The molecule has 1 unspecified atom stereocenters. The van der Waals surface area contributed by atoms with Crippen LogP contribution in [0.15, 0.2) is 22.7 Å². The van der Waals surface area contributed by atoms with Gasteiger partial charge in [-0.3, -0.25) is 4.79 Å². The number of nitrogens with zero attached hydrogens (tertiary/aromatic N) is 1. The molecular weight excluding hydrogens is 328 g/mol. The van der Waals surface area contributed by atoms with Crippen LogP contribution in [0.5, 0.6) is 0 Å². The van der Waals surface area contributed by atoms with Gasteiger partial charge in [0.15, 0.2) is 0 Å². The Balaban J connectivity index is 1.62. The maximum Gasteiger partial charge on any atom is 0.254 e. The second kappa shape index (κ2) is 6.49. The summed E-state index contributed by atoms with van der Waals surface area (Å²) < 4.78 is 0.909. The van der Waals surface area contributed by atoms with E-state index in [4.69, 9.17) is 0 Å². The SMILES string of the molecule is Cc1ccc(C(=O)N2CCC(C3CCCN3)CC2)c(Br)c1. The quantitative estimate of drug-likeness (QED) is 0.886. The normalized spacial score (nSPS) is 23.5. The fraction of sp³-hybridized carbons (Fsp3) is 0.588. The van der Waals surface area contributed by atoms with E-state index in [0.29, 0.717) is 6.04 Å². The summed E-state index contributed by atoms with van der Waals surface area (Å²) in [7, 11) is 0. The molecule has 2 aliphatic rings. The van der Waals surface area contributed by atoms with Gasteiger partial charge in [0.05, 0.1) is 5.56 Å². The van der Waals surface area contributed by atoms with Crippen LogP contribution >= 0.6 is 15.9 Å². The highest BCUT2D eigenvalue weighted by atomic mass is 79.9. The number of carbonyl (C=O) groups excluding carboxylic acids is 1. The Morgan fingerprint density at radius 3 is 2.67 bits per heavy atom. The van der Waals surface area contributed by atoms with E-state index < -0.39 is 0 Å². The largest absolute Gasteiger partial charge is 0.339 e. The highest BCUT2D eigenvalue weighted by Crippen LogP contribution is 2.27. The number of halogens is 1. The number of carbonyl (C=O) groups is 1. The second-order valence-corrected chi connectivity index (χ2v) is 7.17. The van der Waals surface area contributed by atoms with Crippen LogP contribution in [-0.4, -0.2) is 36.5 Å². The molecule has 1 atom stereocenters. The summed E-state index contributed by atoms with van der Waals surface area (Å²) in [6, 6.07) is 6.65. The van der Waals surface area contributed by atoms with Gasteiger partial charge in [-0.2, -0.15) is 0 Å². The first-order chi connectivity index (χ1) is 10.1. The van der Waals surface area contributed by atoms with E-state index >= 15 is 0 Å². The third kappa shape index (κ3) is 3.32. The number of amides is 1. The van der Waals surface area contributed by atoms with Crippen LogP contribution < -0.4 is 5.32 Å². The molecule has 4 heteroatoms. The Bertz CT molecular complexity index is 518. The van der Waals surface area contributed by atoms with Gasteiger partial charge in [0, 0.05) is 23.6 Å². The van der Waals surface area contributed by atoms with Crippen LogP contribution in [0.3, 0.4) is 0 Å². The van der Waals surface area contributed by atoms with Crippen LogP contribution in [-0.2, 0) is 0 Å². The number of nitrogens with one attached hydrogen (secondary N) is 1. The lowest BCUT2D eigenvalue weighted by molar-refractivity contribution is 0.0673. The molecule has 0 radical (unpaired) electrons. The van der Waals surface area contributed by atoms with Gasteiger partial charge in [0.2, 0.25) is 0 Å². The highest BCUT2D eigenvalue weighted by Gasteiger charge is 2.30. The van der Waals surface area contributed by atoms with Crippen molar-refractivity contribution in [3.05, 3.63) is 33.8 Å². The molecule has 114 valence electrons. The van der Waals surface area contributed by atoms with Crippen LogP contribution in [0.1, 0.15) is 41.6 Å². The molecule has 1 amide bonds. The standard InChI is InChI=1S/C17H23BrN2O/c1-12-4-5-14(15(18)11-12)17(21)20-9-6-13(7-10-20)16-3-2-8-19-16/h4-5,11,13,16,19H,2-3,6-10H2,1H3. The summed E-state index contributed by atoms with van der Waals surface area (Å²) in [5, 5.41) is 3.61. The van der Waals surface area contributed by atoms with Crippen molar-refractivity contribution in [3.8, 4) is 0 Å². The fourth-order valence-electron chi connectivity index (χ4n) is 3.58. The zero-order valence-electron chi connectivity index (χ0n) is 12.6. The number of rotatable bonds is 2. The first-order valence-corrected chi connectivity index (χ1v) is 8.73. The van der Waals surface area contributed by atoms with E-state index in [1.54, 1.807) is 0 Å². The van der Waals surface area contributed by atoms with Gasteiger partial charge in [0.1, 0.15) is 0 Å². The lowest BCUT2D eigenvalue weighted by Gasteiger charge is -2.35. The van der Waals surface area contributed by atoms with Gasteiger partial charge in [-0.15, -0.1) is 0 Å². The summed E-state index contributed by atoms with van der Waals surface area (Å²) in [6.07, 6.45) is 4.88. The zero-order valence-corrected chi connectivity index (χ0v) is 14.2. The van der Waals surface area contributed by atoms with Crippen LogP contribution in [0, 0.1) is 12.8 Å². The summed E-state index contributed by atoms with van der Waals surface area (Å²) >= 11 is 3.52. The van der Waals surface area contributed by atoms with Crippen LogP contribution in [0.25, 0.3) is 0 Å². The summed E-state index contributed by atoms with van der Waals surface area (Å²) in [6.45, 7) is 4.99. The summed E-state index contributed by atoms with van der Waals surface area (Å²) in [4.78, 5) is 14.7. The Hall–Kier alpha value is -0.870. The minimum absolute atomic E-state index is 0.166. The Morgan fingerprint density at radius 2 is 2.05 bits per heavy atom. The van der Waals surface area contributed by atoms with Crippen molar-refractivity contribution in [1.82, 2.24) is 10.2 Å². The van der Waals surface area contributed by atoms with Gasteiger partial charge >= 0.3 is 0 Å². The number of hydrogen-bond donors (Lipinski definition) is 1. The third-order valence-corrected chi connectivity index (χ3v) is 5.51. The molecule has 1 aromatic rings. The number of piperidine rings is 1. The molecule has 1 aromatic carbocycles. The fourth-order valence-corrected chi connectivity index (χ4v) is 4.25. The molecular formula is C17H23BrN2O. The number of likely N-dealkylation sites (tertiary alicyclic amines) is 1. The average molecular weight is 351 g/mol. The third-order valence-electron chi connectivity index (χ3n) is 4.85. The maximum absolute atomic E-state index is 12.6. The smallest absolute Gasteiger partial charge is 0.254 e. The van der Waals surface area contributed by atoms with Crippen molar-refractivity contribution in [2.24, 2.45) is 5.92 Å². The molecule has 2 heterocycles. The minimum Gasteiger partial charge on any atom is -0.339 e. The predicted molar refractivity (Wildman–Crippen MR) is 88.5 cm³/mol. The van der Waals surface area contributed by atoms with Gasteiger partial charge in [-0.25, -0.2) is 0 Å². The Labute approximate surface area is 135 Å². The molecule has 2 saturated heterocycles. The van der Waals surface area contributed by atoms with Crippen molar-refractivity contribution in [3.63, 3.8) is 0 Å². The molecule has 2 aliphatic heterocycles. The van der Waals surface area contributed by atoms with E-state index in [-0.39, 0.29) is 5.91 Å². The first kappa shape index (κ1) is 15.0. The van der Waals surface area contributed by atoms with Crippen molar-refractivity contribution in [2.45, 2.75) is 38.6 Å². The molecule has 3 rings (SSSR count). The van der Waals surface area contributed by atoms with E-state index in [1.807, 2.05) is 30.0 Å². The Kier molecular flexibility index (Phi) is 4.65. The minimum atomic E-state index is 0.166. The number of hydrogen-bond acceptors (Lipinski definition) is 2. The predicted octanol–water partition coefficient (Wildman–Crippen LogP) is 3.36. The monoisotopic (exact) mass is 350 g/mol. The highest BCUT2D eigenvalue weighted by molar-refractivity contribution is 9.10. The zero-order chi connectivity index (χ0) is 14.8. The van der Waals surface area contributed by atoms with Crippen LogP contribution in [0.4, 0.5) is 0 Å². The maximum atomic E-state index is 12.6. The van der Waals surface area contributed by atoms with Crippen molar-refractivity contribution in [2.75, 3.05) is 19.6 Å². The average Bonchev–Trinajstić information content (AvgIpc) is 3.01. The van der Waals surface area contributed by atoms with Crippen LogP contribution in [0.2, 0.25) is 0 Å². The lowest BCUT2D eigenvalue weighted by Crippen LogP contribution is -2.43. The molecule has 0 bridgehead atoms. The molecule has 3 nitrogen and oxygen atoms in total. The number of benzene rings is 1. The van der Waals surface area contributed by atoms with E-state index in [0.717, 1.165) is 41.9 Å². The van der Waals surface area contributed by atoms with Gasteiger partial charge in [-0.1, -0.05) is 6.07 Å². The molecule has 2 fully saturated rings. The molecule has 0 aromatic heterocycles. The van der Waals surface area contributed by atoms with Crippen molar-refractivity contribution >= 4 is 21.8 Å². The molecule has 0 aliphatic carbocycles. The molecule has 1 N–H and O–H groups in total. The lowest BCUT2D eigenvalue weighted by atomic mass is 9.88. The van der Waals surface area contributed by atoms with Gasteiger partial charge in [-0.05, 0) is 78.7 Å². The summed E-state index contributed by atoms with van der Waals surface area (Å²) in [5.41, 5.74) is 1.96. The molecule has 0 spiro atoms. The topological polar surface area (TPSA) is 32.3 Å². The van der Waals surface area contributed by atoms with Gasteiger partial charge in [0.25, 0.3) is 5.91 Å².